The molecule has 0 heterocycles. The third-order valence-electron chi connectivity index (χ3n) is 2.61. The molecule has 3 nitrogen and oxygen atoms in total. The molecule has 1 aromatic carbocycles. The minimum Gasteiger partial charge on any atom is -0.399 e. The number of nitrogens with two attached hydrogens (primary N) is 1. The van der Waals surface area contributed by atoms with Crippen molar-refractivity contribution in [2.24, 2.45) is 0 Å². The van der Waals surface area contributed by atoms with Gasteiger partial charge in [-0.25, -0.2) is 0 Å². The van der Waals surface area contributed by atoms with Crippen molar-refractivity contribution in [3.8, 4) is 0 Å². The standard InChI is InChI=1S/C12H20N2O/c1-3-10(6-7-15)14-11-4-5-12(13)9(2)8-11/h4-5,8,10,14-15H,3,6-7,13H2,1-2H3. The lowest BCUT2D eigenvalue weighted by atomic mass is 10.1. The van der Waals surface area contributed by atoms with Crippen LogP contribution in [0.5, 0.6) is 0 Å². The average molecular weight is 208 g/mol. The van der Waals surface area contributed by atoms with Crippen molar-refractivity contribution < 1.29 is 5.11 Å². The fourth-order valence-corrected chi connectivity index (χ4v) is 1.54. The summed E-state index contributed by atoms with van der Waals surface area (Å²) in [5, 5.41) is 12.3. The molecule has 4 N–H and O–H groups in total. The summed E-state index contributed by atoms with van der Waals surface area (Å²) in [4.78, 5) is 0. The zero-order valence-electron chi connectivity index (χ0n) is 9.46. The molecule has 1 rings (SSSR count). The molecule has 0 aromatic heterocycles. The monoisotopic (exact) mass is 208 g/mol. The van der Waals surface area contributed by atoms with Crippen LogP contribution in [0, 0.1) is 6.92 Å². The van der Waals surface area contributed by atoms with Gasteiger partial charge in [0.1, 0.15) is 0 Å². The normalized spacial score (nSPS) is 12.5. The second-order valence-electron chi connectivity index (χ2n) is 3.83. The highest BCUT2D eigenvalue weighted by Crippen LogP contribution is 2.18. The molecule has 1 aromatic rings. The first-order chi connectivity index (χ1) is 7.17. The van der Waals surface area contributed by atoms with Crippen molar-refractivity contribution in [2.45, 2.75) is 32.7 Å². The van der Waals surface area contributed by atoms with E-state index in [2.05, 4.69) is 12.2 Å². The maximum absolute atomic E-state index is 8.88. The third-order valence-corrected chi connectivity index (χ3v) is 2.61. The summed E-state index contributed by atoms with van der Waals surface area (Å²) in [6.07, 6.45) is 1.78. The Morgan fingerprint density at radius 3 is 2.73 bits per heavy atom. The summed E-state index contributed by atoms with van der Waals surface area (Å²) in [7, 11) is 0. The van der Waals surface area contributed by atoms with E-state index in [0.717, 1.165) is 29.8 Å². The van der Waals surface area contributed by atoms with Crippen molar-refractivity contribution in [1.29, 1.82) is 0 Å². The van der Waals surface area contributed by atoms with E-state index in [9.17, 15) is 0 Å². The number of nitrogens with one attached hydrogen (secondary N) is 1. The van der Waals surface area contributed by atoms with Gasteiger partial charge >= 0.3 is 0 Å². The highest BCUT2D eigenvalue weighted by atomic mass is 16.3. The number of aryl methyl sites for hydroxylation is 1. The molecule has 84 valence electrons. The van der Waals surface area contributed by atoms with Crippen LogP contribution in [0.3, 0.4) is 0 Å². The molecule has 1 unspecified atom stereocenters. The van der Waals surface area contributed by atoms with Crippen molar-refractivity contribution in [1.82, 2.24) is 0 Å². The van der Waals surface area contributed by atoms with Gasteiger partial charge in [-0.2, -0.15) is 0 Å². The Morgan fingerprint density at radius 1 is 1.47 bits per heavy atom. The maximum Gasteiger partial charge on any atom is 0.0450 e. The van der Waals surface area contributed by atoms with Gasteiger partial charge in [0.15, 0.2) is 0 Å². The molecule has 0 aliphatic rings. The van der Waals surface area contributed by atoms with Crippen molar-refractivity contribution >= 4 is 11.4 Å². The molecule has 0 spiro atoms. The zero-order valence-corrected chi connectivity index (χ0v) is 9.46. The van der Waals surface area contributed by atoms with Gasteiger partial charge in [0.25, 0.3) is 0 Å². The highest BCUT2D eigenvalue weighted by molar-refractivity contribution is 5.56. The molecule has 0 amide bonds. The fourth-order valence-electron chi connectivity index (χ4n) is 1.54. The quantitative estimate of drug-likeness (QED) is 0.650. The molecule has 1 atom stereocenters. The van der Waals surface area contributed by atoms with Crippen LogP contribution in [-0.4, -0.2) is 17.8 Å². The molecule has 0 saturated heterocycles. The average Bonchev–Trinajstić information content (AvgIpc) is 2.23. The van der Waals surface area contributed by atoms with E-state index in [1.165, 1.54) is 0 Å². The predicted molar refractivity (Wildman–Crippen MR) is 65.0 cm³/mol. The number of nitrogen functional groups attached to an aromatic ring is 1. The molecule has 0 saturated carbocycles. The molecule has 0 aliphatic carbocycles. The lowest BCUT2D eigenvalue weighted by Gasteiger charge is -2.17. The van der Waals surface area contributed by atoms with Crippen LogP contribution in [0.1, 0.15) is 25.3 Å². The zero-order chi connectivity index (χ0) is 11.3. The second-order valence-corrected chi connectivity index (χ2v) is 3.83. The summed E-state index contributed by atoms with van der Waals surface area (Å²) in [5.74, 6) is 0. The SMILES string of the molecule is CCC(CCO)Nc1ccc(N)c(C)c1. The van der Waals surface area contributed by atoms with E-state index in [1.807, 2.05) is 25.1 Å². The molecule has 0 bridgehead atoms. The fraction of sp³-hybridized carbons (Fsp3) is 0.500. The summed E-state index contributed by atoms with van der Waals surface area (Å²) < 4.78 is 0. The Kier molecular flexibility index (Phi) is 4.43. The van der Waals surface area contributed by atoms with Crippen LogP contribution in [0.15, 0.2) is 18.2 Å². The van der Waals surface area contributed by atoms with Crippen LogP contribution in [-0.2, 0) is 0 Å². The predicted octanol–water partition coefficient (Wildman–Crippen LogP) is 2.15. The van der Waals surface area contributed by atoms with Crippen molar-refractivity contribution in [2.75, 3.05) is 17.7 Å². The summed E-state index contributed by atoms with van der Waals surface area (Å²) in [6, 6.07) is 6.25. The second kappa shape index (κ2) is 5.61. The number of aliphatic hydroxyl groups excluding tert-OH is 1. The van der Waals surface area contributed by atoms with E-state index in [-0.39, 0.29) is 6.61 Å². The minimum atomic E-state index is 0.222. The van der Waals surface area contributed by atoms with Gasteiger partial charge in [-0.05, 0) is 43.5 Å². The van der Waals surface area contributed by atoms with Crippen LogP contribution in [0.2, 0.25) is 0 Å². The van der Waals surface area contributed by atoms with E-state index in [0.29, 0.717) is 6.04 Å². The lowest BCUT2D eigenvalue weighted by Crippen LogP contribution is -2.19. The molecule has 3 heteroatoms. The topological polar surface area (TPSA) is 58.3 Å². The van der Waals surface area contributed by atoms with Gasteiger partial charge in [0.05, 0.1) is 0 Å². The Hall–Kier alpha value is -1.22. The van der Waals surface area contributed by atoms with Crippen molar-refractivity contribution in [3.05, 3.63) is 23.8 Å². The van der Waals surface area contributed by atoms with Crippen LogP contribution in [0.25, 0.3) is 0 Å². The first kappa shape index (κ1) is 11.9. The molecule has 15 heavy (non-hydrogen) atoms. The number of aliphatic hydroxyl groups is 1. The lowest BCUT2D eigenvalue weighted by molar-refractivity contribution is 0.278. The number of anilines is 2. The molecule has 0 radical (unpaired) electrons. The number of benzene rings is 1. The van der Waals surface area contributed by atoms with E-state index in [1.54, 1.807) is 0 Å². The van der Waals surface area contributed by atoms with Crippen LogP contribution >= 0.6 is 0 Å². The summed E-state index contributed by atoms with van der Waals surface area (Å²) in [5.41, 5.74) is 8.71. The van der Waals surface area contributed by atoms with Crippen molar-refractivity contribution in [3.63, 3.8) is 0 Å². The molecular weight excluding hydrogens is 188 g/mol. The third kappa shape index (κ3) is 3.44. The van der Waals surface area contributed by atoms with E-state index < -0.39 is 0 Å². The molecule has 0 fully saturated rings. The smallest absolute Gasteiger partial charge is 0.0450 e. The van der Waals surface area contributed by atoms with E-state index >= 15 is 0 Å². The highest BCUT2D eigenvalue weighted by Gasteiger charge is 2.05. The number of hydrogen-bond acceptors (Lipinski definition) is 3. The number of hydrogen-bond donors (Lipinski definition) is 3. The van der Waals surface area contributed by atoms with Gasteiger partial charge in [0, 0.05) is 24.0 Å². The van der Waals surface area contributed by atoms with Crippen LogP contribution in [0.4, 0.5) is 11.4 Å². The van der Waals surface area contributed by atoms with Gasteiger partial charge in [-0.1, -0.05) is 6.92 Å². The molecule has 0 aliphatic heterocycles. The van der Waals surface area contributed by atoms with Gasteiger partial charge < -0.3 is 16.2 Å². The number of rotatable bonds is 5. The Balaban J connectivity index is 2.66. The Labute approximate surface area is 91.3 Å². The maximum atomic E-state index is 8.88. The van der Waals surface area contributed by atoms with Gasteiger partial charge in [0.2, 0.25) is 0 Å². The minimum absolute atomic E-state index is 0.222. The Bertz CT molecular complexity index is 312. The summed E-state index contributed by atoms with van der Waals surface area (Å²) in [6.45, 7) is 4.32. The Morgan fingerprint density at radius 2 is 2.20 bits per heavy atom. The van der Waals surface area contributed by atoms with Crippen LogP contribution < -0.4 is 11.1 Å². The first-order valence-corrected chi connectivity index (χ1v) is 5.41. The summed E-state index contributed by atoms with van der Waals surface area (Å²) >= 11 is 0. The van der Waals surface area contributed by atoms with Gasteiger partial charge in [-0.15, -0.1) is 0 Å². The van der Waals surface area contributed by atoms with Gasteiger partial charge in [-0.3, -0.25) is 0 Å². The molecular formula is C12H20N2O. The first-order valence-electron chi connectivity index (χ1n) is 5.41. The largest absolute Gasteiger partial charge is 0.399 e. The van der Waals surface area contributed by atoms with E-state index in [4.69, 9.17) is 10.8 Å².